The van der Waals surface area contributed by atoms with E-state index in [1.807, 2.05) is 0 Å². The Balaban J connectivity index is 1.47. The molecule has 0 radical (unpaired) electrons. The Morgan fingerprint density at radius 2 is 2.23 bits per heavy atom. The molecule has 2 aliphatic heterocycles. The van der Waals surface area contributed by atoms with Gasteiger partial charge in [0.05, 0.1) is 19.4 Å². The van der Waals surface area contributed by atoms with E-state index < -0.39 is 5.82 Å². The number of hydrogen-bond donors (Lipinski definition) is 1. The number of methoxy groups -OCH3 is 1. The first kappa shape index (κ1) is 15.4. The summed E-state index contributed by atoms with van der Waals surface area (Å²) in [4.78, 5) is 10.5. The third kappa shape index (κ3) is 3.84. The fraction of sp³-hybridized carbons (Fsp3) is 0.733. The van der Waals surface area contributed by atoms with Gasteiger partial charge in [-0.15, -0.1) is 0 Å². The van der Waals surface area contributed by atoms with Gasteiger partial charge in [-0.2, -0.15) is 9.37 Å². The summed E-state index contributed by atoms with van der Waals surface area (Å²) in [7, 11) is 1.40. The maximum absolute atomic E-state index is 13.3. The molecule has 6 nitrogen and oxygen atoms in total. The second-order valence-electron chi connectivity index (χ2n) is 5.91. The Bertz CT molecular complexity index is 488. The largest absolute Gasteiger partial charge is 0.479 e. The fourth-order valence-electron chi connectivity index (χ4n) is 3.08. The van der Waals surface area contributed by atoms with Crippen LogP contribution in [0.3, 0.4) is 0 Å². The molecule has 1 aromatic heterocycles. The summed E-state index contributed by atoms with van der Waals surface area (Å²) in [6, 6.07) is 0.316. The Morgan fingerprint density at radius 1 is 1.41 bits per heavy atom. The average molecular weight is 310 g/mol. The molecule has 7 heteroatoms. The SMILES string of the molecule is COc1nc(NC2CCN(CC3CCCO3)CC2)ncc1F. The molecule has 1 N–H and O–H groups in total. The van der Waals surface area contributed by atoms with E-state index in [1.165, 1.54) is 20.0 Å². The number of hydrogen-bond acceptors (Lipinski definition) is 6. The van der Waals surface area contributed by atoms with Crippen molar-refractivity contribution < 1.29 is 13.9 Å². The molecule has 0 aromatic carbocycles. The van der Waals surface area contributed by atoms with Crippen LogP contribution in [0.1, 0.15) is 25.7 Å². The minimum Gasteiger partial charge on any atom is -0.479 e. The molecule has 2 saturated heterocycles. The zero-order valence-electron chi connectivity index (χ0n) is 12.9. The first-order chi connectivity index (χ1) is 10.7. The first-order valence-electron chi connectivity index (χ1n) is 7.91. The van der Waals surface area contributed by atoms with Crippen molar-refractivity contribution in [3.05, 3.63) is 12.0 Å². The zero-order chi connectivity index (χ0) is 15.4. The molecule has 1 aromatic rings. The highest BCUT2D eigenvalue weighted by molar-refractivity contribution is 5.29. The Labute approximate surface area is 130 Å². The number of halogens is 1. The summed E-state index contributed by atoms with van der Waals surface area (Å²) >= 11 is 0. The third-order valence-electron chi connectivity index (χ3n) is 4.31. The molecule has 22 heavy (non-hydrogen) atoms. The number of nitrogens with zero attached hydrogens (tertiary/aromatic N) is 3. The van der Waals surface area contributed by atoms with Crippen LogP contribution in [0.25, 0.3) is 0 Å². The van der Waals surface area contributed by atoms with Crippen molar-refractivity contribution in [2.24, 2.45) is 0 Å². The van der Waals surface area contributed by atoms with Crippen molar-refractivity contribution in [2.75, 3.05) is 38.7 Å². The number of ether oxygens (including phenoxy) is 2. The first-order valence-corrected chi connectivity index (χ1v) is 7.91. The van der Waals surface area contributed by atoms with E-state index in [1.54, 1.807) is 0 Å². The van der Waals surface area contributed by atoms with Gasteiger partial charge in [-0.3, -0.25) is 0 Å². The topological polar surface area (TPSA) is 59.5 Å². The molecule has 2 fully saturated rings. The normalized spacial score (nSPS) is 23.6. The van der Waals surface area contributed by atoms with E-state index in [4.69, 9.17) is 9.47 Å². The summed E-state index contributed by atoms with van der Waals surface area (Å²) in [5.74, 6) is -0.136. The lowest BCUT2D eigenvalue weighted by molar-refractivity contribution is 0.0654. The predicted molar refractivity (Wildman–Crippen MR) is 80.6 cm³/mol. The van der Waals surface area contributed by atoms with Crippen molar-refractivity contribution in [3.8, 4) is 5.88 Å². The lowest BCUT2D eigenvalue weighted by atomic mass is 10.0. The van der Waals surface area contributed by atoms with E-state index >= 15 is 0 Å². The van der Waals surface area contributed by atoms with E-state index in [0.29, 0.717) is 18.1 Å². The van der Waals surface area contributed by atoms with Gasteiger partial charge in [-0.25, -0.2) is 4.98 Å². The van der Waals surface area contributed by atoms with Crippen LogP contribution in [-0.4, -0.2) is 60.4 Å². The van der Waals surface area contributed by atoms with E-state index in [2.05, 4.69) is 20.2 Å². The number of aromatic nitrogens is 2. The van der Waals surface area contributed by atoms with Gasteiger partial charge in [0, 0.05) is 32.3 Å². The number of nitrogens with one attached hydrogen (secondary N) is 1. The molecule has 0 amide bonds. The number of likely N-dealkylation sites (tertiary alicyclic amines) is 1. The van der Waals surface area contributed by atoms with Crippen LogP contribution in [0.4, 0.5) is 10.3 Å². The van der Waals surface area contributed by atoms with Crippen LogP contribution in [0.2, 0.25) is 0 Å². The van der Waals surface area contributed by atoms with E-state index in [9.17, 15) is 4.39 Å². The molecule has 122 valence electrons. The molecule has 0 aliphatic carbocycles. The Morgan fingerprint density at radius 3 is 2.91 bits per heavy atom. The van der Waals surface area contributed by atoms with Crippen molar-refractivity contribution in [3.63, 3.8) is 0 Å². The summed E-state index contributed by atoms with van der Waals surface area (Å²) in [6.45, 7) is 4.02. The van der Waals surface area contributed by atoms with E-state index in [-0.39, 0.29) is 5.88 Å². The maximum Gasteiger partial charge on any atom is 0.255 e. The number of piperidine rings is 1. The van der Waals surface area contributed by atoms with Gasteiger partial charge in [0.15, 0.2) is 0 Å². The number of rotatable bonds is 5. The minimum absolute atomic E-state index is 0.0201. The highest BCUT2D eigenvalue weighted by atomic mass is 19.1. The fourth-order valence-corrected chi connectivity index (χ4v) is 3.08. The number of anilines is 1. The molecule has 1 unspecified atom stereocenters. The molecular weight excluding hydrogens is 287 g/mol. The van der Waals surface area contributed by atoms with Gasteiger partial charge >= 0.3 is 0 Å². The summed E-state index contributed by atoms with van der Waals surface area (Å²) < 4.78 is 23.9. The van der Waals surface area contributed by atoms with E-state index in [0.717, 1.165) is 45.3 Å². The van der Waals surface area contributed by atoms with Gasteiger partial charge in [-0.05, 0) is 25.7 Å². The van der Waals surface area contributed by atoms with Crippen LogP contribution in [-0.2, 0) is 4.74 Å². The summed E-state index contributed by atoms with van der Waals surface area (Å²) in [5.41, 5.74) is 0. The van der Waals surface area contributed by atoms with Crippen LogP contribution < -0.4 is 10.1 Å². The van der Waals surface area contributed by atoms with Crippen LogP contribution in [0.15, 0.2) is 6.20 Å². The summed E-state index contributed by atoms with van der Waals surface area (Å²) in [6.07, 6.45) is 5.97. The van der Waals surface area contributed by atoms with Crippen molar-refractivity contribution >= 4 is 5.95 Å². The van der Waals surface area contributed by atoms with Crippen LogP contribution >= 0.6 is 0 Å². The second-order valence-corrected chi connectivity index (χ2v) is 5.91. The lowest BCUT2D eigenvalue weighted by Crippen LogP contribution is -2.42. The van der Waals surface area contributed by atoms with Crippen molar-refractivity contribution in [2.45, 2.75) is 37.8 Å². The van der Waals surface area contributed by atoms with Gasteiger partial charge in [0.2, 0.25) is 11.8 Å². The molecule has 3 heterocycles. The van der Waals surface area contributed by atoms with Gasteiger partial charge < -0.3 is 19.7 Å². The summed E-state index contributed by atoms with van der Waals surface area (Å²) in [5, 5.41) is 3.27. The maximum atomic E-state index is 13.3. The zero-order valence-corrected chi connectivity index (χ0v) is 12.9. The predicted octanol–water partition coefficient (Wildman–Crippen LogP) is 1.68. The monoisotopic (exact) mass is 310 g/mol. The van der Waals surface area contributed by atoms with Crippen LogP contribution in [0.5, 0.6) is 5.88 Å². The average Bonchev–Trinajstić information content (AvgIpc) is 3.04. The van der Waals surface area contributed by atoms with Crippen molar-refractivity contribution in [1.82, 2.24) is 14.9 Å². The molecule has 0 saturated carbocycles. The highest BCUT2D eigenvalue weighted by Gasteiger charge is 2.24. The highest BCUT2D eigenvalue weighted by Crippen LogP contribution is 2.20. The third-order valence-corrected chi connectivity index (χ3v) is 4.31. The Kier molecular flexibility index (Phi) is 5.04. The smallest absolute Gasteiger partial charge is 0.255 e. The molecule has 1 atom stereocenters. The standard InChI is InChI=1S/C15H23FN4O2/c1-21-14-13(16)9-17-15(19-14)18-11-4-6-20(7-5-11)10-12-3-2-8-22-12/h9,11-12H,2-8,10H2,1H3,(H,17,18,19). The van der Waals surface area contributed by atoms with Crippen molar-refractivity contribution in [1.29, 1.82) is 0 Å². The second kappa shape index (κ2) is 7.19. The van der Waals surface area contributed by atoms with Gasteiger partial charge in [0.25, 0.3) is 5.88 Å². The molecule has 3 rings (SSSR count). The molecule has 0 spiro atoms. The lowest BCUT2D eigenvalue weighted by Gasteiger charge is -2.33. The van der Waals surface area contributed by atoms with Crippen LogP contribution in [0, 0.1) is 5.82 Å². The molecule has 2 aliphatic rings. The Hall–Kier alpha value is -1.47. The minimum atomic E-state index is -0.542. The van der Waals surface area contributed by atoms with Gasteiger partial charge in [-0.1, -0.05) is 0 Å². The molecule has 0 bridgehead atoms. The quantitative estimate of drug-likeness (QED) is 0.893. The molecular formula is C15H23FN4O2. The van der Waals surface area contributed by atoms with Gasteiger partial charge in [0.1, 0.15) is 0 Å².